The molecule has 0 bridgehead atoms. The molecule has 0 N–H and O–H groups in total. The van der Waals surface area contributed by atoms with Gasteiger partial charge in [0.25, 0.3) is 0 Å². The summed E-state index contributed by atoms with van der Waals surface area (Å²) in [7, 11) is -3.90. The Morgan fingerprint density at radius 3 is 2.15 bits per heavy atom. The number of sulfonamides is 1. The highest BCUT2D eigenvalue weighted by Gasteiger charge is 2.29. The van der Waals surface area contributed by atoms with Crippen molar-refractivity contribution in [2.75, 3.05) is 39.3 Å². The van der Waals surface area contributed by atoms with Crippen molar-refractivity contribution in [3.05, 3.63) is 60.2 Å². The number of piperazine rings is 1. The zero-order valence-electron chi connectivity index (χ0n) is 14.1. The summed E-state index contributed by atoms with van der Waals surface area (Å²) in [6, 6.07) is 11.8. The molecule has 0 spiro atoms. The SMILES string of the molecule is O=S(=O)(c1cc(F)cc(F)c1)N1CCN(CCOc2ccccc2)CC1. The Bertz CT molecular complexity index is 819. The van der Waals surface area contributed by atoms with Crippen LogP contribution in [0.25, 0.3) is 0 Å². The van der Waals surface area contributed by atoms with Gasteiger partial charge in [0.05, 0.1) is 4.90 Å². The molecule has 1 saturated heterocycles. The van der Waals surface area contributed by atoms with E-state index in [4.69, 9.17) is 4.74 Å². The number of benzene rings is 2. The van der Waals surface area contributed by atoms with Crippen LogP contribution in [0.4, 0.5) is 8.78 Å². The summed E-state index contributed by atoms with van der Waals surface area (Å²) in [5.41, 5.74) is 0. The molecule has 5 nitrogen and oxygen atoms in total. The summed E-state index contributed by atoms with van der Waals surface area (Å²) >= 11 is 0. The van der Waals surface area contributed by atoms with Gasteiger partial charge in [-0.1, -0.05) is 18.2 Å². The molecule has 0 amide bonds. The number of hydrogen-bond acceptors (Lipinski definition) is 4. The van der Waals surface area contributed by atoms with E-state index in [1.165, 1.54) is 4.31 Å². The van der Waals surface area contributed by atoms with Crippen LogP contribution in [0, 0.1) is 11.6 Å². The van der Waals surface area contributed by atoms with Crippen LogP contribution < -0.4 is 4.74 Å². The topological polar surface area (TPSA) is 49.9 Å². The highest BCUT2D eigenvalue weighted by atomic mass is 32.2. The third kappa shape index (κ3) is 4.57. The Morgan fingerprint density at radius 1 is 0.923 bits per heavy atom. The van der Waals surface area contributed by atoms with Crippen LogP contribution in [0.1, 0.15) is 0 Å². The number of ether oxygens (including phenoxy) is 1. The molecule has 26 heavy (non-hydrogen) atoms. The van der Waals surface area contributed by atoms with Crippen molar-refractivity contribution in [2.45, 2.75) is 4.90 Å². The zero-order chi connectivity index (χ0) is 18.6. The van der Waals surface area contributed by atoms with Gasteiger partial charge in [-0.2, -0.15) is 4.31 Å². The molecule has 1 fully saturated rings. The molecule has 3 rings (SSSR count). The van der Waals surface area contributed by atoms with E-state index in [1.54, 1.807) is 0 Å². The van der Waals surface area contributed by atoms with Gasteiger partial charge in [0.2, 0.25) is 10.0 Å². The van der Waals surface area contributed by atoms with E-state index in [-0.39, 0.29) is 18.0 Å². The van der Waals surface area contributed by atoms with Crippen LogP contribution >= 0.6 is 0 Å². The fourth-order valence-corrected chi connectivity index (χ4v) is 4.29. The Balaban J connectivity index is 1.52. The lowest BCUT2D eigenvalue weighted by molar-refractivity contribution is 0.159. The first-order chi connectivity index (χ1) is 12.4. The van der Waals surface area contributed by atoms with Crippen LogP contribution in [-0.4, -0.2) is 57.0 Å². The smallest absolute Gasteiger partial charge is 0.243 e. The van der Waals surface area contributed by atoms with E-state index in [1.807, 2.05) is 30.3 Å². The Hall–Kier alpha value is -2.03. The van der Waals surface area contributed by atoms with E-state index in [2.05, 4.69) is 4.90 Å². The zero-order valence-corrected chi connectivity index (χ0v) is 15.0. The summed E-state index contributed by atoms with van der Waals surface area (Å²) < 4.78 is 58.6. The molecule has 0 unspecified atom stereocenters. The molecule has 0 saturated carbocycles. The molecule has 0 atom stereocenters. The fraction of sp³-hybridized carbons (Fsp3) is 0.333. The summed E-state index contributed by atoms with van der Waals surface area (Å²) in [5, 5.41) is 0. The number of nitrogens with zero attached hydrogens (tertiary/aromatic N) is 2. The van der Waals surface area contributed by atoms with Crippen LogP contribution in [0.15, 0.2) is 53.4 Å². The molecular weight excluding hydrogens is 362 g/mol. The lowest BCUT2D eigenvalue weighted by Crippen LogP contribution is -2.49. The van der Waals surface area contributed by atoms with Crippen LogP contribution in [0.5, 0.6) is 5.75 Å². The second kappa shape index (κ2) is 8.11. The largest absolute Gasteiger partial charge is 0.492 e. The summed E-state index contributed by atoms with van der Waals surface area (Å²) in [6.07, 6.45) is 0. The van der Waals surface area contributed by atoms with E-state index in [0.717, 1.165) is 17.9 Å². The molecule has 140 valence electrons. The van der Waals surface area contributed by atoms with Crippen molar-refractivity contribution in [3.63, 3.8) is 0 Å². The highest BCUT2D eigenvalue weighted by molar-refractivity contribution is 7.89. The van der Waals surface area contributed by atoms with E-state index in [0.29, 0.717) is 32.3 Å². The Morgan fingerprint density at radius 2 is 1.54 bits per heavy atom. The van der Waals surface area contributed by atoms with Crippen molar-refractivity contribution >= 4 is 10.0 Å². The van der Waals surface area contributed by atoms with E-state index < -0.39 is 21.7 Å². The molecule has 2 aromatic carbocycles. The van der Waals surface area contributed by atoms with Gasteiger partial charge in [-0.3, -0.25) is 4.90 Å². The first-order valence-electron chi connectivity index (χ1n) is 8.31. The Kier molecular flexibility index (Phi) is 5.85. The average Bonchev–Trinajstić information content (AvgIpc) is 2.62. The third-order valence-electron chi connectivity index (χ3n) is 4.22. The minimum atomic E-state index is -3.90. The van der Waals surface area contributed by atoms with Crippen LogP contribution in [0.3, 0.4) is 0 Å². The molecule has 1 aliphatic rings. The van der Waals surface area contributed by atoms with Crippen molar-refractivity contribution in [2.24, 2.45) is 0 Å². The third-order valence-corrected chi connectivity index (χ3v) is 6.10. The molecule has 0 radical (unpaired) electrons. The van der Waals surface area contributed by atoms with Crippen LogP contribution in [-0.2, 0) is 10.0 Å². The number of halogens is 2. The molecule has 8 heteroatoms. The first-order valence-corrected chi connectivity index (χ1v) is 9.75. The molecule has 0 aromatic heterocycles. The normalized spacial score (nSPS) is 16.5. The number of hydrogen-bond donors (Lipinski definition) is 0. The second-order valence-electron chi connectivity index (χ2n) is 6.01. The standard InChI is InChI=1S/C18H20F2N2O3S/c19-15-12-16(20)14-18(13-15)26(23,24)22-8-6-21(7-9-22)10-11-25-17-4-2-1-3-5-17/h1-5,12-14H,6-11H2. The van der Waals surface area contributed by atoms with Gasteiger partial charge in [-0.25, -0.2) is 17.2 Å². The lowest BCUT2D eigenvalue weighted by Gasteiger charge is -2.33. The van der Waals surface area contributed by atoms with Gasteiger partial charge in [0.15, 0.2) is 0 Å². The van der Waals surface area contributed by atoms with E-state index in [9.17, 15) is 17.2 Å². The average molecular weight is 382 g/mol. The second-order valence-corrected chi connectivity index (χ2v) is 7.95. The lowest BCUT2D eigenvalue weighted by atomic mass is 10.3. The van der Waals surface area contributed by atoms with Crippen molar-refractivity contribution in [1.82, 2.24) is 9.21 Å². The minimum Gasteiger partial charge on any atom is -0.492 e. The van der Waals surface area contributed by atoms with Gasteiger partial charge in [0, 0.05) is 38.8 Å². The maximum absolute atomic E-state index is 13.3. The van der Waals surface area contributed by atoms with Crippen molar-refractivity contribution < 1.29 is 21.9 Å². The van der Waals surface area contributed by atoms with Gasteiger partial charge >= 0.3 is 0 Å². The first kappa shape index (κ1) is 18.8. The van der Waals surface area contributed by atoms with Crippen molar-refractivity contribution in [3.8, 4) is 5.75 Å². The predicted octanol–water partition coefficient (Wildman–Crippen LogP) is 2.35. The van der Waals surface area contributed by atoms with Gasteiger partial charge in [-0.05, 0) is 24.3 Å². The molecular formula is C18H20F2N2O3S. The quantitative estimate of drug-likeness (QED) is 0.770. The summed E-state index contributed by atoms with van der Waals surface area (Å²) in [6.45, 7) is 2.80. The predicted molar refractivity (Wildman–Crippen MR) is 93.5 cm³/mol. The highest BCUT2D eigenvalue weighted by Crippen LogP contribution is 2.20. The van der Waals surface area contributed by atoms with Crippen LogP contribution in [0.2, 0.25) is 0 Å². The van der Waals surface area contributed by atoms with Crippen molar-refractivity contribution in [1.29, 1.82) is 0 Å². The molecule has 0 aliphatic carbocycles. The maximum atomic E-state index is 13.3. The fourth-order valence-electron chi connectivity index (χ4n) is 2.83. The summed E-state index contributed by atoms with van der Waals surface area (Å²) in [5.74, 6) is -1.01. The Labute approximate surface area is 151 Å². The summed E-state index contributed by atoms with van der Waals surface area (Å²) in [4.78, 5) is 1.75. The maximum Gasteiger partial charge on any atom is 0.243 e. The van der Waals surface area contributed by atoms with Gasteiger partial charge in [-0.15, -0.1) is 0 Å². The molecule has 1 heterocycles. The monoisotopic (exact) mass is 382 g/mol. The van der Waals surface area contributed by atoms with E-state index >= 15 is 0 Å². The molecule has 2 aromatic rings. The molecule has 1 aliphatic heterocycles. The minimum absolute atomic E-state index is 0.270. The van der Waals surface area contributed by atoms with Gasteiger partial charge in [0.1, 0.15) is 24.0 Å². The number of para-hydroxylation sites is 1. The number of rotatable bonds is 6. The van der Waals surface area contributed by atoms with Gasteiger partial charge < -0.3 is 4.74 Å².